The molecule has 88 valence electrons. The van der Waals surface area contributed by atoms with E-state index in [1.54, 1.807) is 32.2 Å². The molecule has 1 aromatic carbocycles. The van der Waals surface area contributed by atoms with E-state index in [2.05, 4.69) is 15.0 Å². The van der Waals surface area contributed by atoms with Crippen LogP contribution in [-0.2, 0) is 0 Å². The van der Waals surface area contributed by atoms with E-state index in [1.807, 2.05) is 0 Å². The summed E-state index contributed by atoms with van der Waals surface area (Å²) in [6, 6.07) is 5.23. The predicted molar refractivity (Wildman–Crippen MR) is 66.0 cm³/mol. The molecule has 1 aromatic heterocycles. The van der Waals surface area contributed by atoms with Crippen LogP contribution in [0.25, 0.3) is 11.4 Å². The highest BCUT2D eigenvalue weighted by Gasteiger charge is 2.10. The van der Waals surface area contributed by atoms with Crippen LogP contribution in [0.5, 0.6) is 5.75 Å². The second-order valence-corrected chi connectivity index (χ2v) is 3.85. The molecule has 0 atom stereocenters. The molecule has 1 heterocycles. The number of anilines is 1. The van der Waals surface area contributed by atoms with Crippen LogP contribution in [0.3, 0.4) is 0 Å². The van der Waals surface area contributed by atoms with Crippen LogP contribution in [-0.4, -0.2) is 22.1 Å². The molecular formula is C11H11ClN4O. The minimum atomic E-state index is 0.185. The third-order valence-corrected chi connectivity index (χ3v) is 2.40. The molecule has 2 aromatic rings. The van der Waals surface area contributed by atoms with Crippen molar-refractivity contribution < 1.29 is 4.74 Å². The number of methoxy groups -OCH3 is 1. The van der Waals surface area contributed by atoms with Crippen molar-refractivity contribution in [3.63, 3.8) is 0 Å². The molecule has 0 saturated carbocycles. The number of aryl methyl sites for hydroxylation is 1. The molecule has 0 bridgehead atoms. The summed E-state index contributed by atoms with van der Waals surface area (Å²) >= 11 is 5.89. The van der Waals surface area contributed by atoms with Gasteiger partial charge in [-0.25, -0.2) is 4.98 Å². The minimum Gasteiger partial charge on any atom is -0.496 e. The molecule has 0 radical (unpaired) electrons. The first-order valence-corrected chi connectivity index (χ1v) is 5.30. The van der Waals surface area contributed by atoms with E-state index in [-0.39, 0.29) is 5.95 Å². The van der Waals surface area contributed by atoms with Gasteiger partial charge in [-0.05, 0) is 25.1 Å². The lowest BCUT2D eigenvalue weighted by atomic mass is 10.2. The smallest absolute Gasteiger partial charge is 0.223 e. The number of benzene rings is 1. The molecule has 2 rings (SSSR count). The Morgan fingerprint density at radius 3 is 2.65 bits per heavy atom. The van der Waals surface area contributed by atoms with Crippen molar-refractivity contribution in [2.75, 3.05) is 12.8 Å². The van der Waals surface area contributed by atoms with Crippen LogP contribution in [0, 0.1) is 6.92 Å². The Labute approximate surface area is 104 Å². The van der Waals surface area contributed by atoms with Gasteiger partial charge in [0, 0.05) is 5.02 Å². The van der Waals surface area contributed by atoms with Gasteiger partial charge in [0.05, 0.1) is 12.7 Å². The molecule has 0 amide bonds. The lowest BCUT2D eigenvalue weighted by Gasteiger charge is -2.08. The van der Waals surface area contributed by atoms with E-state index in [9.17, 15) is 0 Å². The molecule has 6 heteroatoms. The van der Waals surface area contributed by atoms with Crippen molar-refractivity contribution in [3.8, 4) is 17.1 Å². The highest BCUT2D eigenvalue weighted by Crippen LogP contribution is 2.30. The molecule has 5 nitrogen and oxygen atoms in total. The van der Waals surface area contributed by atoms with Crippen molar-refractivity contribution >= 4 is 17.5 Å². The van der Waals surface area contributed by atoms with Gasteiger partial charge in [0.2, 0.25) is 5.95 Å². The fraction of sp³-hybridized carbons (Fsp3) is 0.182. The maximum atomic E-state index is 5.89. The fourth-order valence-corrected chi connectivity index (χ4v) is 1.63. The molecule has 0 spiro atoms. The van der Waals surface area contributed by atoms with Gasteiger partial charge < -0.3 is 10.5 Å². The van der Waals surface area contributed by atoms with Gasteiger partial charge in [0.1, 0.15) is 11.6 Å². The van der Waals surface area contributed by atoms with Crippen LogP contribution >= 0.6 is 11.6 Å². The highest BCUT2D eigenvalue weighted by molar-refractivity contribution is 6.30. The number of halogens is 1. The summed E-state index contributed by atoms with van der Waals surface area (Å²) < 4.78 is 5.23. The standard InChI is InChI=1S/C11H11ClN4O/c1-6-14-10(16-11(13)15-6)8-4-3-7(12)5-9(8)17-2/h3-5H,1-2H3,(H2,13,14,15,16). The molecule has 0 fully saturated rings. The quantitative estimate of drug-likeness (QED) is 0.883. The predicted octanol–water partition coefficient (Wildman–Crippen LogP) is 2.09. The number of nitrogens with zero attached hydrogens (tertiary/aromatic N) is 3. The first-order chi connectivity index (χ1) is 8.10. The van der Waals surface area contributed by atoms with E-state index in [4.69, 9.17) is 22.1 Å². The van der Waals surface area contributed by atoms with Gasteiger partial charge in [-0.15, -0.1) is 0 Å². The maximum absolute atomic E-state index is 5.89. The third kappa shape index (κ3) is 2.45. The highest BCUT2D eigenvalue weighted by atomic mass is 35.5. The van der Waals surface area contributed by atoms with Crippen molar-refractivity contribution in [1.82, 2.24) is 15.0 Å². The Bertz CT molecular complexity index is 539. The molecule has 0 unspecified atom stereocenters. The summed E-state index contributed by atoms with van der Waals surface area (Å²) in [7, 11) is 1.56. The summed E-state index contributed by atoms with van der Waals surface area (Å²) in [5.74, 6) is 1.82. The van der Waals surface area contributed by atoms with E-state index in [0.717, 1.165) is 5.56 Å². The van der Waals surface area contributed by atoms with Gasteiger partial charge in [0.25, 0.3) is 0 Å². The Kier molecular flexibility index (Phi) is 3.10. The first-order valence-electron chi connectivity index (χ1n) is 4.92. The summed E-state index contributed by atoms with van der Waals surface area (Å²) in [6.07, 6.45) is 0. The van der Waals surface area contributed by atoms with Gasteiger partial charge in [-0.3, -0.25) is 0 Å². The SMILES string of the molecule is COc1cc(Cl)ccc1-c1nc(C)nc(N)n1. The maximum Gasteiger partial charge on any atom is 0.223 e. The molecule has 17 heavy (non-hydrogen) atoms. The second-order valence-electron chi connectivity index (χ2n) is 3.41. The Morgan fingerprint density at radius 1 is 1.24 bits per heavy atom. The van der Waals surface area contributed by atoms with Gasteiger partial charge in [0.15, 0.2) is 5.82 Å². The zero-order valence-electron chi connectivity index (χ0n) is 9.44. The molecular weight excluding hydrogens is 240 g/mol. The van der Waals surface area contributed by atoms with E-state index in [0.29, 0.717) is 22.4 Å². The second kappa shape index (κ2) is 4.55. The Balaban J connectivity index is 2.59. The van der Waals surface area contributed by atoms with Crippen molar-refractivity contribution in [2.45, 2.75) is 6.92 Å². The number of ether oxygens (including phenoxy) is 1. The zero-order valence-corrected chi connectivity index (χ0v) is 10.2. The molecule has 0 aliphatic carbocycles. The topological polar surface area (TPSA) is 73.9 Å². The summed E-state index contributed by atoms with van der Waals surface area (Å²) in [5.41, 5.74) is 6.32. The van der Waals surface area contributed by atoms with Crippen LogP contribution in [0.1, 0.15) is 5.82 Å². The largest absolute Gasteiger partial charge is 0.496 e. The number of hydrogen-bond donors (Lipinski definition) is 1. The van der Waals surface area contributed by atoms with Gasteiger partial charge in [-0.1, -0.05) is 11.6 Å². The van der Waals surface area contributed by atoms with Crippen LogP contribution in [0.4, 0.5) is 5.95 Å². The average molecular weight is 251 g/mol. The number of rotatable bonds is 2. The monoisotopic (exact) mass is 250 g/mol. The molecule has 0 aliphatic rings. The molecule has 0 aliphatic heterocycles. The summed E-state index contributed by atoms with van der Waals surface area (Å²) in [5, 5.41) is 0.587. The average Bonchev–Trinajstić information content (AvgIpc) is 2.27. The number of hydrogen-bond acceptors (Lipinski definition) is 5. The Hall–Kier alpha value is -1.88. The third-order valence-electron chi connectivity index (χ3n) is 2.17. The Morgan fingerprint density at radius 2 is 2.00 bits per heavy atom. The lowest BCUT2D eigenvalue weighted by molar-refractivity contribution is 0.416. The number of nitrogens with two attached hydrogens (primary N) is 1. The zero-order chi connectivity index (χ0) is 12.4. The summed E-state index contributed by atoms with van der Waals surface area (Å²) in [6.45, 7) is 1.75. The van der Waals surface area contributed by atoms with E-state index in [1.165, 1.54) is 0 Å². The van der Waals surface area contributed by atoms with Crippen LogP contribution in [0.15, 0.2) is 18.2 Å². The molecule has 2 N–H and O–H groups in total. The van der Waals surface area contributed by atoms with Crippen molar-refractivity contribution in [2.24, 2.45) is 0 Å². The van der Waals surface area contributed by atoms with E-state index >= 15 is 0 Å². The van der Waals surface area contributed by atoms with E-state index < -0.39 is 0 Å². The van der Waals surface area contributed by atoms with Crippen LogP contribution < -0.4 is 10.5 Å². The van der Waals surface area contributed by atoms with Crippen LogP contribution in [0.2, 0.25) is 5.02 Å². The number of aromatic nitrogens is 3. The van der Waals surface area contributed by atoms with Crippen molar-refractivity contribution in [1.29, 1.82) is 0 Å². The molecule has 0 saturated heterocycles. The fourth-order valence-electron chi connectivity index (χ4n) is 1.47. The van der Waals surface area contributed by atoms with Gasteiger partial charge in [-0.2, -0.15) is 9.97 Å². The normalized spacial score (nSPS) is 10.3. The first kappa shape index (κ1) is 11.6. The minimum absolute atomic E-state index is 0.185. The van der Waals surface area contributed by atoms with Crippen molar-refractivity contribution in [3.05, 3.63) is 29.0 Å². The van der Waals surface area contributed by atoms with Gasteiger partial charge >= 0.3 is 0 Å². The lowest BCUT2D eigenvalue weighted by Crippen LogP contribution is -2.02. The summed E-state index contributed by atoms with van der Waals surface area (Å²) in [4.78, 5) is 12.2. The number of nitrogen functional groups attached to an aromatic ring is 1.